The van der Waals surface area contributed by atoms with Gasteiger partial charge in [-0.1, -0.05) is 24.3 Å². The van der Waals surface area contributed by atoms with Crippen LogP contribution in [0.5, 0.6) is 11.5 Å². The van der Waals surface area contributed by atoms with Crippen molar-refractivity contribution in [1.82, 2.24) is 9.88 Å². The van der Waals surface area contributed by atoms with Gasteiger partial charge in [0.05, 0.1) is 0 Å². The van der Waals surface area contributed by atoms with E-state index < -0.39 is 11.8 Å². The molecule has 1 fully saturated rings. The third kappa shape index (κ3) is 4.75. The van der Waals surface area contributed by atoms with Crippen LogP contribution >= 0.6 is 0 Å². The second-order valence-corrected chi connectivity index (χ2v) is 6.86. The number of ether oxygens (including phenoxy) is 1. The van der Waals surface area contributed by atoms with Crippen molar-refractivity contribution in [2.45, 2.75) is 0 Å². The number of carbonyl (C=O) groups is 2. The van der Waals surface area contributed by atoms with E-state index >= 15 is 0 Å². The molecule has 0 spiro atoms. The van der Waals surface area contributed by atoms with Gasteiger partial charge in [0, 0.05) is 38.1 Å². The largest absolute Gasteiger partial charge is 0.457 e. The van der Waals surface area contributed by atoms with E-state index in [-0.39, 0.29) is 0 Å². The quantitative estimate of drug-likeness (QED) is 0.679. The number of benzene rings is 2. The maximum atomic E-state index is 12.5. The minimum absolute atomic E-state index is 0.479. The van der Waals surface area contributed by atoms with Crippen LogP contribution < -0.4 is 15.0 Å². The molecule has 30 heavy (non-hydrogen) atoms. The summed E-state index contributed by atoms with van der Waals surface area (Å²) in [4.78, 5) is 32.9. The monoisotopic (exact) mass is 402 g/mol. The number of aromatic nitrogens is 1. The Hall–Kier alpha value is -3.87. The molecule has 0 aliphatic carbocycles. The van der Waals surface area contributed by atoms with Crippen molar-refractivity contribution in [3.05, 3.63) is 79.0 Å². The van der Waals surface area contributed by atoms with E-state index in [1.54, 1.807) is 35.4 Å². The standard InChI is InChI=1S/C23H22N4O3/c28-22(23(29)27-16-14-26(15-17-27)21-8-4-5-13-24-21)25-18-9-11-20(12-10-18)30-19-6-2-1-3-7-19/h1-13H,14-17H2,(H,25,28). The fourth-order valence-corrected chi connectivity index (χ4v) is 3.24. The van der Waals surface area contributed by atoms with Gasteiger partial charge in [0.1, 0.15) is 17.3 Å². The number of piperazine rings is 1. The highest BCUT2D eigenvalue weighted by Crippen LogP contribution is 2.22. The molecule has 0 unspecified atom stereocenters. The SMILES string of the molecule is O=C(Nc1ccc(Oc2ccccc2)cc1)C(=O)N1CCN(c2ccccn2)CC1. The summed E-state index contributed by atoms with van der Waals surface area (Å²) in [5, 5.41) is 2.66. The lowest BCUT2D eigenvalue weighted by molar-refractivity contribution is -0.143. The van der Waals surface area contributed by atoms with Crippen LogP contribution in [0.15, 0.2) is 79.0 Å². The Morgan fingerprint density at radius 2 is 1.47 bits per heavy atom. The normalized spacial score (nSPS) is 13.6. The predicted molar refractivity (Wildman–Crippen MR) is 115 cm³/mol. The first kappa shape index (κ1) is 19.4. The van der Waals surface area contributed by atoms with Gasteiger partial charge in [-0.2, -0.15) is 0 Å². The molecule has 0 saturated carbocycles. The van der Waals surface area contributed by atoms with Gasteiger partial charge in [-0.05, 0) is 48.5 Å². The zero-order valence-corrected chi connectivity index (χ0v) is 16.4. The van der Waals surface area contributed by atoms with Crippen molar-refractivity contribution in [2.24, 2.45) is 0 Å². The van der Waals surface area contributed by atoms with Crippen molar-refractivity contribution in [3.8, 4) is 11.5 Å². The lowest BCUT2D eigenvalue weighted by Gasteiger charge is -2.34. The highest BCUT2D eigenvalue weighted by molar-refractivity contribution is 6.39. The second-order valence-electron chi connectivity index (χ2n) is 6.86. The number of pyridine rings is 1. The van der Waals surface area contributed by atoms with Crippen LogP contribution in [-0.4, -0.2) is 47.9 Å². The summed E-state index contributed by atoms with van der Waals surface area (Å²) < 4.78 is 5.73. The topological polar surface area (TPSA) is 74.8 Å². The van der Waals surface area contributed by atoms with E-state index in [9.17, 15) is 9.59 Å². The van der Waals surface area contributed by atoms with Crippen LogP contribution in [0.3, 0.4) is 0 Å². The number of nitrogens with one attached hydrogen (secondary N) is 1. The molecule has 1 aliphatic heterocycles. The molecule has 1 aliphatic rings. The van der Waals surface area contributed by atoms with E-state index in [0.717, 1.165) is 11.6 Å². The summed E-state index contributed by atoms with van der Waals surface area (Å²) in [6.45, 7) is 2.24. The number of nitrogens with zero attached hydrogens (tertiary/aromatic N) is 3. The molecule has 1 saturated heterocycles. The molecule has 7 heteroatoms. The van der Waals surface area contributed by atoms with Gasteiger partial charge in [-0.25, -0.2) is 4.98 Å². The summed E-state index contributed by atoms with van der Waals surface area (Å²) >= 11 is 0. The van der Waals surface area contributed by atoms with Gasteiger partial charge in [0.2, 0.25) is 0 Å². The van der Waals surface area contributed by atoms with Gasteiger partial charge in [0.15, 0.2) is 0 Å². The average molecular weight is 402 g/mol. The number of amides is 2. The van der Waals surface area contributed by atoms with Crippen LogP contribution in [0.2, 0.25) is 0 Å². The molecule has 4 rings (SSSR count). The Morgan fingerprint density at radius 3 is 2.13 bits per heavy atom. The number of hydrogen-bond donors (Lipinski definition) is 1. The first-order chi connectivity index (χ1) is 14.7. The molecule has 1 aromatic heterocycles. The Balaban J connectivity index is 1.29. The molecular weight excluding hydrogens is 380 g/mol. The van der Waals surface area contributed by atoms with Gasteiger partial charge in [-0.3, -0.25) is 9.59 Å². The number of carbonyl (C=O) groups excluding carboxylic acids is 2. The van der Waals surface area contributed by atoms with Crippen molar-refractivity contribution in [3.63, 3.8) is 0 Å². The first-order valence-corrected chi connectivity index (χ1v) is 9.78. The Labute approximate surface area is 174 Å². The summed E-state index contributed by atoms with van der Waals surface area (Å²) in [6.07, 6.45) is 1.75. The second kappa shape index (κ2) is 9.09. The van der Waals surface area contributed by atoms with Crippen molar-refractivity contribution in [1.29, 1.82) is 0 Å². The molecule has 1 N–H and O–H groups in total. The summed E-state index contributed by atoms with van der Waals surface area (Å²) in [5.74, 6) is 1.09. The highest BCUT2D eigenvalue weighted by atomic mass is 16.5. The molecule has 3 aromatic rings. The minimum Gasteiger partial charge on any atom is -0.457 e. The van der Waals surface area contributed by atoms with Crippen LogP contribution in [0.4, 0.5) is 11.5 Å². The van der Waals surface area contributed by atoms with E-state index in [1.165, 1.54) is 0 Å². The predicted octanol–water partition coefficient (Wildman–Crippen LogP) is 3.16. The van der Waals surface area contributed by atoms with Crippen LogP contribution in [0, 0.1) is 0 Å². The zero-order valence-electron chi connectivity index (χ0n) is 16.4. The van der Waals surface area contributed by atoms with Crippen LogP contribution in [0.1, 0.15) is 0 Å². The zero-order chi connectivity index (χ0) is 20.8. The Kier molecular flexibility index (Phi) is 5.89. The molecule has 0 radical (unpaired) electrons. The van der Waals surface area contributed by atoms with E-state index in [0.29, 0.717) is 37.6 Å². The number of para-hydroxylation sites is 1. The third-order valence-electron chi connectivity index (χ3n) is 4.83. The van der Waals surface area contributed by atoms with Crippen LogP contribution in [0.25, 0.3) is 0 Å². The van der Waals surface area contributed by atoms with Gasteiger partial charge in [-0.15, -0.1) is 0 Å². The van der Waals surface area contributed by atoms with E-state index in [1.807, 2.05) is 48.5 Å². The third-order valence-corrected chi connectivity index (χ3v) is 4.83. The molecule has 2 aromatic carbocycles. The molecule has 0 bridgehead atoms. The molecule has 152 valence electrons. The maximum Gasteiger partial charge on any atom is 0.313 e. The Bertz CT molecular complexity index is 986. The number of hydrogen-bond acceptors (Lipinski definition) is 5. The van der Waals surface area contributed by atoms with E-state index in [2.05, 4.69) is 15.2 Å². The first-order valence-electron chi connectivity index (χ1n) is 9.78. The molecule has 2 amide bonds. The van der Waals surface area contributed by atoms with Gasteiger partial charge >= 0.3 is 11.8 Å². The summed E-state index contributed by atoms with van der Waals surface area (Å²) in [5.41, 5.74) is 0.542. The molecule has 7 nitrogen and oxygen atoms in total. The number of anilines is 2. The van der Waals surface area contributed by atoms with Crippen LogP contribution in [-0.2, 0) is 9.59 Å². The van der Waals surface area contributed by atoms with E-state index in [4.69, 9.17) is 4.74 Å². The van der Waals surface area contributed by atoms with Crippen molar-refractivity contribution < 1.29 is 14.3 Å². The lowest BCUT2D eigenvalue weighted by Crippen LogP contribution is -2.51. The summed E-state index contributed by atoms with van der Waals surface area (Å²) in [6, 6.07) is 22.1. The smallest absolute Gasteiger partial charge is 0.313 e. The fourth-order valence-electron chi connectivity index (χ4n) is 3.24. The minimum atomic E-state index is -0.641. The fraction of sp³-hybridized carbons (Fsp3) is 0.174. The average Bonchev–Trinajstić information content (AvgIpc) is 2.81. The summed E-state index contributed by atoms with van der Waals surface area (Å²) in [7, 11) is 0. The highest BCUT2D eigenvalue weighted by Gasteiger charge is 2.26. The molecule has 2 heterocycles. The van der Waals surface area contributed by atoms with Gasteiger partial charge in [0.25, 0.3) is 0 Å². The van der Waals surface area contributed by atoms with Crippen molar-refractivity contribution >= 4 is 23.3 Å². The lowest BCUT2D eigenvalue weighted by atomic mass is 10.2. The number of rotatable bonds is 4. The van der Waals surface area contributed by atoms with Gasteiger partial charge < -0.3 is 19.9 Å². The van der Waals surface area contributed by atoms with Crippen molar-refractivity contribution in [2.75, 3.05) is 36.4 Å². The molecule has 0 atom stereocenters. The maximum absolute atomic E-state index is 12.5. The molecular formula is C23H22N4O3. The Morgan fingerprint density at radius 1 is 0.800 bits per heavy atom.